The summed E-state index contributed by atoms with van der Waals surface area (Å²) < 4.78 is 0. The van der Waals surface area contributed by atoms with E-state index in [-0.39, 0.29) is 5.91 Å². The first-order valence-corrected chi connectivity index (χ1v) is 9.04. The van der Waals surface area contributed by atoms with Crippen LogP contribution in [-0.2, 0) is 9.59 Å². The lowest BCUT2D eigenvalue weighted by Crippen LogP contribution is -2.41. The minimum absolute atomic E-state index is 0.116. The SMILES string of the molecule is CSCC[C@H](NC(=O)CCCC1CCCCC1)C(=O)O. The third-order valence-corrected chi connectivity index (χ3v) is 4.63. The third-order valence-electron chi connectivity index (χ3n) is 3.98. The van der Waals surface area contributed by atoms with Gasteiger partial charge in [0.1, 0.15) is 6.04 Å². The number of carboxylic acids is 1. The van der Waals surface area contributed by atoms with Crippen LogP contribution in [0, 0.1) is 5.92 Å². The number of aliphatic carboxylic acids is 1. The fourth-order valence-corrected chi connectivity index (χ4v) is 3.26. The number of carbonyl (C=O) groups is 2. The minimum Gasteiger partial charge on any atom is -0.480 e. The van der Waals surface area contributed by atoms with Gasteiger partial charge in [-0.15, -0.1) is 0 Å². The van der Waals surface area contributed by atoms with Crippen LogP contribution in [0.5, 0.6) is 0 Å². The number of thioether (sulfide) groups is 1. The molecule has 4 nitrogen and oxygen atoms in total. The number of hydrogen-bond acceptors (Lipinski definition) is 3. The Morgan fingerprint density at radius 1 is 1.30 bits per heavy atom. The van der Waals surface area contributed by atoms with Gasteiger partial charge < -0.3 is 10.4 Å². The van der Waals surface area contributed by atoms with Crippen LogP contribution in [0.25, 0.3) is 0 Å². The highest BCUT2D eigenvalue weighted by Gasteiger charge is 2.19. The van der Waals surface area contributed by atoms with E-state index >= 15 is 0 Å². The van der Waals surface area contributed by atoms with Crippen molar-refractivity contribution in [1.82, 2.24) is 5.32 Å². The van der Waals surface area contributed by atoms with Crippen molar-refractivity contribution in [3.05, 3.63) is 0 Å². The summed E-state index contributed by atoms with van der Waals surface area (Å²) >= 11 is 1.60. The maximum Gasteiger partial charge on any atom is 0.326 e. The topological polar surface area (TPSA) is 66.4 Å². The van der Waals surface area contributed by atoms with Gasteiger partial charge in [0, 0.05) is 6.42 Å². The van der Waals surface area contributed by atoms with E-state index < -0.39 is 12.0 Å². The molecule has 0 bridgehead atoms. The van der Waals surface area contributed by atoms with Crippen LogP contribution in [0.4, 0.5) is 0 Å². The van der Waals surface area contributed by atoms with Crippen LogP contribution in [-0.4, -0.2) is 35.0 Å². The molecule has 0 aliphatic heterocycles. The van der Waals surface area contributed by atoms with Crippen molar-refractivity contribution in [2.24, 2.45) is 5.92 Å². The monoisotopic (exact) mass is 301 g/mol. The summed E-state index contributed by atoms with van der Waals surface area (Å²) in [5.41, 5.74) is 0. The molecule has 116 valence electrons. The first kappa shape index (κ1) is 17.3. The molecular formula is C15H27NO3S. The highest BCUT2D eigenvalue weighted by Crippen LogP contribution is 2.27. The molecule has 1 amide bonds. The normalized spacial score (nSPS) is 17.6. The van der Waals surface area contributed by atoms with Crippen LogP contribution < -0.4 is 5.32 Å². The standard InChI is InChI=1S/C15H27NO3S/c1-20-11-10-13(15(18)19)16-14(17)9-5-8-12-6-3-2-4-7-12/h12-13H,2-11H2,1H3,(H,16,17)(H,18,19)/t13-/m0/s1. The van der Waals surface area contributed by atoms with Gasteiger partial charge in [-0.25, -0.2) is 4.79 Å². The van der Waals surface area contributed by atoms with Gasteiger partial charge in [0.15, 0.2) is 0 Å². The van der Waals surface area contributed by atoms with E-state index in [0.29, 0.717) is 12.8 Å². The van der Waals surface area contributed by atoms with E-state index in [9.17, 15) is 9.59 Å². The second-order valence-electron chi connectivity index (χ2n) is 5.64. The molecule has 0 saturated heterocycles. The summed E-state index contributed by atoms with van der Waals surface area (Å²) in [6.45, 7) is 0. The second-order valence-corrected chi connectivity index (χ2v) is 6.62. The highest BCUT2D eigenvalue weighted by molar-refractivity contribution is 7.98. The fraction of sp³-hybridized carbons (Fsp3) is 0.867. The van der Waals surface area contributed by atoms with Crippen molar-refractivity contribution in [3.63, 3.8) is 0 Å². The largest absolute Gasteiger partial charge is 0.480 e. The molecular weight excluding hydrogens is 274 g/mol. The van der Waals surface area contributed by atoms with Gasteiger partial charge in [-0.3, -0.25) is 4.79 Å². The van der Waals surface area contributed by atoms with E-state index in [1.54, 1.807) is 11.8 Å². The van der Waals surface area contributed by atoms with E-state index in [2.05, 4.69) is 5.32 Å². The van der Waals surface area contributed by atoms with E-state index in [1.165, 1.54) is 32.1 Å². The zero-order chi connectivity index (χ0) is 14.8. The van der Waals surface area contributed by atoms with Crippen LogP contribution >= 0.6 is 11.8 Å². The first-order chi connectivity index (χ1) is 9.63. The molecule has 1 aliphatic carbocycles. The lowest BCUT2D eigenvalue weighted by Gasteiger charge is -2.21. The van der Waals surface area contributed by atoms with E-state index in [4.69, 9.17) is 5.11 Å². The fourth-order valence-electron chi connectivity index (χ4n) is 2.79. The van der Waals surface area contributed by atoms with Gasteiger partial charge >= 0.3 is 5.97 Å². The lowest BCUT2D eigenvalue weighted by molar-refractivity contribution is -0.141. The summed E-state index contributed by atoms with van der Waals surface area (Å²) in [6, 6.07) is -0.732. The minimum atomic E-state index is -0.931. The maximum absolute atomic E-state index is 11.8. The first-order valence-electron chi connectivity index (χ1n) is 7.64. The van der Waals surface area contributed by atoms with Crippen LogP contribution in [0.15, 0.2) is 0 Å². The molecule has 5 heteroatoms. The summed E-state index contributed by atoms with van der Waals surface area (Å²) in [5, 5.41) is 11.7. The summed E-state index contributed by atoms with van der Waals surface area (Å²) in [7, 11) is 0. The van der Waals surface area contributed by atoms with Crippen LogP contribution in [0.3, 0.4) is 0 Å². The molecule has 1 saturated carbocycles. The molecule has 0 aromatic carbocycles. The maximum atomic E-state index is 11.8. The Bertz CT molecular complexity index is 303. The molecule has 0 aromatic rings. The molecule has 0 unspecified atom stereocenters. The van der Waals surface area contributed by atoms with Crippen LogP contribution in [0.2, 0.25) is 0 Å². The number of carbonyl (C=O) groups excluding carboxylic acids is 1. The summed E-state index contributed by atoms with van der Waals surface area (Å²) in [6.07, 6.45) is 11.5. The van der Waals surface area contributed by atoms with Crippen molar-refractivity contribution in [2.45, 2.75) is 63.8 Å². The smallest absolute Gasteiger partial charge is 0.326 e. The molecule has 1 atom stereocenters. The Morgan fingerprint density at radius 2 is 2.00 bits per heavy atom. The number of rotatable bonds is 9. The van der Waals surface area contributed by atoms with Crippen molar-refractivity contribution >= 4 is 23.6 Å². The van der Waals surface area contributed by atoms with Crippen LogP contribution in [0.1, 0.15) is 57.8 Å². The quantitative estimate of drug-likeness (QED) is 0.687. The molecule has 1 fully saturated rings. The number of hydrogen-bond donors (Lipinski definition) is 2. The van der Waals surface area contributed by atoms with Gasteiger partial charge in [0.05, 0.1) is 0 Å². The Kier molecular flexibility index (Phi) is 8.74. The van der Waals surface area contributed by atoms with Crippen molar-refractivity contribution in [2.75, 3.05) is 12.0 Å². The number of amides is 1. The molecule has 1 aliphatic rings. The van der Waals surface area contributed by atoms with Gasteiger partial charge in [-0.1, -0.05) is 32.1 Å². The number of nitrogens with one attached hydrogen (secondary N) is 1. The van der Waals surface area contributed by atoms with Gasteiger partial charge in [-0.05, 0) is 37.2 Å². The molecule has 0 radical (unpaired) electrons. The Balaban J connectivity index is 2.18. The van der Waals surface area contributed by atoms with Gasteiger partial charge in [-0.2, -0.15) is 11.8 Å². The average molecular weight is 301 g/mol. The van der Waals surface area contributed by atoms with Crippen molar-refractivity contribution in [1.29, 1.82) is 0 Å². The second kappa shape index (κ2) is 10.1. The van der Waals surface area contributed by atoms with Crippen molar-refractivity contribution < 1.29 is 14.7 Å². The molecule has 0 aromatic heterocycles. The molecule has 20 heavy (non-hydrogen) atoms. The van der Waals surface area contributed by atoms with E-state index in [0.717, 1.165) is 24.5 Å². The highest BCUT2D eigenvalue weighted by atomic mass is 32.2. The predicted octanol–water partition coefficient (Wildman–Crippen LogP) is 3.06. The molecule has 1 rings (SSSR count). The van der Waals surface area contributed by atoms with Gasteiger partial charge in [0.2, 0.25) is 5.91 Å². The third kappa shape index (κ3) is 7.17. The zero-order valence-corrected chi connectivity index (χ0v) is 13.2. The lowest BCUT2D eigenvalue weighted by atomic mass is 9.86. The molecule has 2 N–H and O–H groups in total. The zero-order valence-electron chi connectivity index (χ0n) is 12.4. The van der Waals surface area contributed by atoms with Crippen molar-refractivity contribution in [3.8, 4) is 0 Å². The Morgan fingerprint density at radius 3 is 2.60 bits per heavy atom. The summed E-state index contributed by atoms with van der Waals surface area (Å²) in [5.74, 6) is 0.483. The number of carboxylic acid groups (broad SMARTS) is 1. The summed E-state index contributed by atoms with van der Waals surface area (Å²) in [4.78, 5) is 22.8. The predicted molar refractivity (Wildman–Crippen MR) is 83.0 cm³/mol. The average Bonchev–Trinajstić information content (AvgIpc) is 2.44. The molecule has 0 spiro atoms. The molecule has 0 heterocycles. The van der Waals surface area contributed by atoms with Gasteiger partial charge in [0.25, 0.3) is 0 Å². The van der Waals surface area contributed by atoms with E-state index in [1.807, 2.05) is 6.26 Å². The Hall–Kier alpha value is -0.710. The Labute approximate surface area is 126 Å².